The first-order valence-electron chi connectivity index (χ1n) is 6.90. The fourth-order valence-corrected chi connectivity index (χ4v) is 2.68. The minimum Gasteiger partial charge on any atom is -0.382 e. The number of nitrogen functional groups attached to an aromatic ring is 1. The molecule has 20 heavy (non-hydrogen) atoms. The van der Waals surface area contributed by atoms with Gasteiger partial charge in [-0.3, -0.25) is 4.98 Å². The van der Waals surface area contributed by atoms with Crippen molar-refractivity contribution in [3.05, 3.63) is 36.5 Å². The summed E-state index contributed by atoms with van der Waals surface area (Å²) in [6.07, 6.45) is 10.1. The van der Waals surface area contributed by atoms with Gasteiger partial charge in [0.2, 0.25) is 5.95 Å². The van der Waals surface area contributed by atoms with Crippen molar-refractivity contribution in [2.24, 2.45) is 5.92 Å². The van der Waals surface area contributed by atoms with Gasteiger partial charge in [-0.1, -0.05) is 0 Å². The number of nitrogens with two attached hydrogens (primary N) is 1. The fraction of sp³-hybridized carbons (Fsp3) is 0.429. The standard InChI is InChI=1S/C14H18N6/c15-13-12(16-6-7-17-13)9-11-3-1-8-20(10-11)14-18-4-2-5-19-14/h2,4-7,11H,1,3,8-10H2,(H2,15,17)/t11-/m0/s1. The lowest BCUT2D eigenvalue weighted by Crippen LogP contribution is -2.37. The number of hydrogen-bond donors (Lipinski definition) is 1. The summed E-state index contributed by atoms with van der Waals surface area (Å²) >= 11 is 0. The highest BCUT2D eigenvalue weighted by molar-refractivity contribution is 5.34. The molecule has 1 atom stereocenters. The van der Waals surface area contributed by atoms with Gasteiger partial charge < -0.3 is 10.6 Å². The Labute approximate surface area is 118 Å². The minimum absolute atomic E-state index is 0.520. The molecule has 2 aromatic heterocycles. The van der Waals surface area contributed by atoms with Crippen LogP contribution in [-0.2, 0) is 6.42 Å². The summed E-state index contributed by atoms with van der Waals surface area (Å²) in [5.74, 6) is 1.87. The molecule has 1 fully saturated rings. The molecule has 1 aliphatic heterocycles. The summed E-state index contributed by atoms with van der Waals surface area (Å²) in [5.41, 5.74) is 6.77. The summed E-state index contributed by atoms with van der Waals surface area (Å²) in [7, 11) is 0. The Morgan fingerprint density at radius 1 is 1.10 bits per heavy atom. The van der Waals surface area contributed by atoms with E-state index >= 15 is 0 Å². The zero-order chi connectivity index (χ0) is 13.8. The van der Waals surface area contributed by atoms with Crippen molar-refractivity contribution in [3.8, 4) is 0 Å². The third-order valence-corrected chi connectivity index (χ3v) is 3.64. The first-order chi connectivity index (χ1) is 9.83. The van der Waals surface area contributed by atoms with E-state index in [1.54, 1.807) is 24.8 Å². The summed E-state index contributed by atoms with van der Waals surface area (Å²) in [5, 5.41) is 0. The number of rotatable bonds is 3. The van der Waals surface area contributed by atoms with Gasteiger partial charge in [0.1, 0.15) is 5.82 Å². The van der Waals surface area contributed by atoms with E-state index in [4.69, 9.17) is 5.73 Å². The predicted octanol–water partition coefficient (Wildman–Crippen LogP) is 1.31. The quantitative estimate of drug-likeness (QED) is 0.905. The average molecular weight is 270 g/mol. The zero-order valence-electron chi connectivity index (χ0n) is 11.3. The predicted molar refractivity (Wildman–Crippen MR) is 77.1 cm³/mol. The molecule has 0 amide bonds. The van der Waals surface area contributed by atoms with E-state index in [0.717, 1.165) is 37.6 Å². The van der Waals surface area contributed by atoms with Crippen molar-refractivity contribution in [1.29, 1.82) is 0 Å². The van der Waals surface area contributed by atoms with Crippen LogP contribution >= 0.6 is 0 Å². The molecule has 0 bridgehead atoms. The van der Waals surface area contributed by atoms with E-state index < -0.39 is 0 Å². The lowest BCUT2D eigenvalue weighted by Gasteiger charge is -2.32. The average Bonchev–Trinajstić information content (AvgIpc) is 2.51. The van der Waals surface area contributed by atoms with E-state index in [2.05, 4.69) is 24.8 Å². The van der Waals surface area contributed by atoms with Crippen molar-refractivity contribution < 1.29 is 0 Å². The molecule has 0 radical (unpaired) electrons. The maximum absolute atomic E-state index is 5.87. The molecular weight excluding hydrogens is 252 g/mol. The lowest BCUT2D eigenvalue weighted by atomic mass is 9.93. The Morgan fingerprint density at radius 3 is 2.70 bits per heavy atom. The van der Waals surface area contributed by atoms with Crippen LogP contribution in [0.2, 0.25) is 0 Å². The van der Waals surface area contributed by atoms with Gasteiger partial charge in [-0.15, -0.1) is 0 Å². The molecule has 2 N–H and O–H groups in total. The number of aromatic nitrogens is 4. The first-order valence-corrected chi connectivity index (χ1v) is 6.90. The van der Waals surface area contributed by atoms with Crippen LogP contribution in [-0.4, -0.2) is 33.0 Å². The van der Waals surface area contributed by atoms with E-state index in [0.29, 0.717) is 11.7 Å². The molecule has 6 heteroatoms. The summed E-state index contributed by atoms with van der Waals surface area (Å²) < 4.78 is 0. The van der Waals surface area contributed by atoms with Crippen LogP contribution in [0, 0.1) is 5.92 Å². The second-order valence-electron chi connectivity index (χ2n) is 5.10. The molecule has 3 heterocycles. The van der Waals surface area contributed by atoms with Crippen LogP contribution < -0.4 is 10.6 Å². The Balaban J connectivity index is 1.68. The monoisotopic (exact) mass is 270 g/mol. The van der Waals surface area contributed by atoms with Crippen molar-refractivity contribution in [2.45, 2.75) is 19.3 Å². The van der Waals surface area contributed by atoms with Crippen molar-refractivity contribution in [2.75, 3.05) is 23.7 Å². The highest BCUT2D eigenvalue weighted by Crippen LogP contribution is 2.23. The molecule has 0 saturated carbocycles. The van der Waals surface area contributed by atoms with Gasteiger partial charge in [0.15, 0.2) is 0 Å². The summed E-state index contributed by atoms with van der Waals surface area (Å²) in [4.78, 5) is 19.3. The Hall–Kier alpha value is -2.24. The number of nitrogens with zero attached hydrogens (tertiary/aromatic N) is 5. The summed E-state index contributed by atoms with van der Waals surface area (Å²) in [6, 6.07) is 1.84. The van der Waals surface area contributed by atoms with Crippen molar-refractivity contribution in [1.82, 2.24) is 19.9 Å². The summed E-state index contributed by atoms with van der Waals surface area (Å²) in [6.45, 7) is 1.95. The third-order valence-electron chi connectivity index (χ3n) is 3.64. The molecule has 0 spiro atoms. The Kier molecular flexibility index (Phi) is 3.71. The molecule has 104 valence electrons. The first kappa shape index (κ1) is 12.8. The van der Waals surface area contributed by atoms with Gasteiger partial charge in [0.05, 0.1) is 5.69 Å². The topological polar surface area (TPSA) is 80.8 Å². The highest BCUT2D eigenvalue weighted by atomic mass is 15.2. The smallest absolute Gasteiger partial charge is 0.225 e. The molecule has 0 aliphatic carbocycles. The molecule has 3 rings (SSSR count). The molecule has 2 aromatic rings. The van der Waals surface area contributed by atoms with Crippen LogP contribution in [0.5, 0.6) is 0 Å². The van der Waals surface area contributed by atoms with E-state index in [9.17, 15) is 0 Å². The molecule has 6 nitrogen and oxygen atoms in total. The molecule has 1 aliphatic rings. The van der Waals surface area contributed by atoms with Crippen LogP contribution in [0.25, 0.3) is 0 Å². The minimum atomic E-state index is 0.520. The van der Waals surface area contributed by atoms with Gasteiger partial charge in [-0.2, -0.15) is 0 Å². The number of hydrogen-bond acceptors (Lipinski definition) is 6. The van der Waals surface area contributed by atoms with Gasteiger partial charge in [0, 0.05) is 37.9 Å². The molecule has 0 unspecified atom stereocenters. The third kappa shape index (κ3) is 2.84. The van der Waals surface area contributed by atoms with Gasteiger partial charge in [-0.25, -0.2) is 15.0 Å². The van der Waals surface area contributed by atoms with Crippen LogP contribution in [0.1, 0.15) is 18.5 Å². The maximum atomic E-state index is 5.87. The molecular formula is C14H18N6. The molecule has 1 saturated heterocycles. The van der Waals surface area contributed by atoms with Gasteiger partial charge >= 0.3 is 0 Å². The number of piperidine rings is 1. The molecule has 0 aromatic carbocycles. The van der Waals surface area contributed by atoms with Crippen LogP contribution in [0.3, 0.4) is 0 Å². The second kappa shape index (κ2) is 5.81. The normalized spacial score (nSPS) is 19.0. The lowest BCUT2D eigenvalue weighted by molar-refractivity contribution is 0.406. The second-order valence-corrected chi connectivity index (χ2v) is 5.10. The Bertz CT molecular complexity index is 559. The van der Waals surface area contributed by atoms with Crippen LogP contribution in [0.15, 0.2) is 30.9 Å². The van der Waals surface area contributed by atoms with E-state index in [1.165, 1.54) is 6.42 Å². The van der Waals surface area contributed by atoms with E-state index in [-0.39, 0.29) is 0 Å². The van der Waals surface area contributed by atoms with Gasteiger partial charge in [-0.05, 0) is 31.2 Å². The fourth-order valence-electron chi connectivity index (χ4n) is 2.68. The highest BCUT2D eigenvalue weighted by Gasteiger charge is 2.22. The largest absolute Gasteiger partial charge is 0.382 e. The number of anilines is 2. The SMILES string of the molecule is Nc1nccnc1C[C@@H]1CCCN(c2ncccn2)C1. The van der Waals surface area contributed by atoms with E-state index in [1.807, 2.05) is 6.07 Å². The zero-order valence-corrected chi connectivity index (χ0v) is 11.3. The Morgan fingerprint density at radius 2 is 1.90 bits per heavy atom. The maximum Gasteiger partial charge on any atom is 0.225 e. The van der Waals surface area contributed by atoms with Crippen LogP contribution in [0.4, 0.5) is 11.8 Å². The van der Waals surface area contributed by atoms with Gasteiger partial charge in [0.25, 0.3) is 0 Å². The van der Waals surface area contributed by atoms with Crippen molar-refractivity contribution >= 4 is 11.8 Å². The van der Waals surface area contributed by atoms with Crippen molar-refractivity contribution in [3.63, 3.8) is 0 Å².